The van der Waals surface area contributed by atoms with Crippen molar-refractivity contribution >= 4 is 5.91 Å². The highest BCUT2D eigenvalue weighted by Gasteiger charge is 2.43. The van der Waals surface area contributed by atoms with Gasteiger partial charge in [0.25, 0.3) is 0 Å². The summed E-state index contributed by atoms with van der Waals surface area (Å²) in [6.07, 6.45) is 2.92. The standard InChI is InChI=1S/C15H22N6O/c1-3-12-18-19-13-8-20(6-7-21(12)13)9-14(22)17-15(2,10-16)11-4-5-11/h11H,3-9H2,1-2H3,(H,17,22)/t15-/m1/s1. The highest BCUT2D eigenvalue weighted by Crippen LogP contribution is 2.39. The maximum atomic E-state index is 12.2. The Morgan fingerprint density at radius 2 is 2.23 bits per heavy atom. The summed E-state index contributed by atoms with van der Waals surface area (Å²) in [5.41, 5.74) is -0.720. The first-order chi connectivity index (χ1) is 10.6. The molecule has 1 aromatic heterocycles. The van der Waals surface area contributed by atoms with Crippen LogP contribution in [0.25, 0.3) is 0 Å². The van der Waals surface area contributed by atoms with E-state index in [2.05, 4.69) is 38.0 Å². The molecule has 1 atom stereocenters. The Morgan fingerprint density at radius 3 is 2.86 bits per heavy atom. The second kappa shape index (κ2) is 5.69. The van der Waals surface area contributed by atoms with Crippen molar-refractivity contribution in [3.63, 3.8) is 0 Å². The van der Waals surface area contributed by atoms with Gasteiger partial charge >= 0.3 is 0 Å². The normalized spacial score (nSPS) is 20.8. The Labute approximate surface area is 130 Å². The number of aryl methyl sites for hydroxylation is 1. The van der Waals surface area contributed by atoms with Crippen LogP contribution < -0.4 is 5.32 Å². The summed E-state index contributed by atoms with van der Waals surface area (Å²) in [5.74, 6) is 2.14. The van der Waals surface area contributed by atoms with Gasteiger partial charge in [-0.2, -0.15) is 5.26 Å². The summed E-state index contributed by atoms with van der Waals surface area (Å²) in [4.78, 5) is 14.3. The van der Waals surface area contributed by atoms with Crippen LogP contribution >= 0.6 is 0 Å². The fourth-order valence-corrected chi connectivity index (χ4v) is 3.08. The average Bonchev–Trinajstić information content (AvgIpc) is 3.28. The first-order valence-electron chi connectivity index (χ1n) is 7.91. The van der Waals surface area contributed by atoms with E-state index in [1.165, 1.54) is 0 Å². The molecule has 1 aliphatic carbocycles. The van der Waals surface area contributed by atoms with Gasteiger partial charge < -0.3 is 9.88 Å². The predicted octanol–water partition coefficient (Wildman–Crippen LogP) is 0.465. The number of nitrogens with one attached hydrogen (secondary N) is 1. The Bertz CT molecular complexity index is 614. The van der Waals surface area contributed by atoms with Crippen molar-refractivity contribution in [3.05, 3.63) is 11.6 Å². The molecule has 1 amide bonds. The van der Waals surface area contributed by atoms with Crippen molar-refractivity contribution in [1.29, 1.82) is 5.26 Å². The Kier molecular flexibility index (Phi) is 3.87. The number of amides is 1. The molecule has 0 radical (unpaired) electrons. The lowest BCUT2D eigenvalue weighted by Gasteiger charge is -2.29. The molecule has 2 heterocycles. The SMILES string of the molecule is CCc1nnc2n1CCN(CC(=O)N[C@](C)(C#N)C1CC1)C2. The van der Waals surface area contributed by atoms with Crippen LogP contribution in [0.2, 0.25) is 0 Å². The Balaban J connectivity index is 1.58. The molecule has 3 rings (SSSR count). The summed E-state index contributed by atoms with van der Waals surface area (Å²) in [6.45, 7) is 6.45. The number of nitriles is 1. The molecule has 1 aromatic rings. The predicted molar refractivity (Wildman–Crippen MR) is 79.6 cm³/mol. The van der Waals surface area contributed by atoms with E-state index in [9.17, 15) is 10.1 Å². The smallest absolute Gasteiger partial charge is 0.235 e. The zero-order valence-electron chi connectivity index (χ0n) is 13.2. The number of carbonyl (C=O) groups excluding carboxylic acids is 1. The molecule has 0 spiro atoms. The number of rotatable bonds is 5. The van der Waals surface area contributed by atoms with Crippen LogP contribution in [0, 0.1) is 17.2 Å². The van der Waals surface area contributed by atoms with E-state index < -0.39 is 5.54 Å². The molecular weight excluding hydrogens is 280 g/mol. The van der Waals surface area contributed by atoms with Crippen LogP contribution in [0.5, 0.6) is 0 Å². The minimum atomic E-state index is -0.720. The molecule has 0 unspecified atom stereocenters. The number of fused-ring (bicyclic) bond motifs is 1. The van der Waals surface area contributed by atoms with Gasteiger partial charge in [-0.15, -0.1) is 10.2 Å². The van der Waals surface area contributed by atoms with Crippen molar-refractivity contribution in [3.8, 4) is 6.07 Å². The zero-order valence-corrected chi connectivity index (χ0v) is 13.2. The van der Waals surface area contributed by atoms with Gasteiger partial charge in [0.15, 0.2) is 0 Å². The number of hydrogen-bond acceptors (Lipinski definition) is 5. The second-order valence-corrected chi connectivity index (χ2v) is 6.38. The lowest BCUT2D eigenvalue weighted by Crippen LogP contribution is -2.51. The molecule has 1 aliphatic heterocycles. The largest absolute Gasteiger partial charge is 0.337 e. The van der Waals surface area contributed by atoms with Crippen LogP contribution in [-0.4, -0.2) is 44.2 Å². The van der Waals surface area contributed by atoms with Crippen molar-refractivity contribution in [2.75, 3.05) is 13.1 Å². The molecule has 7 heteroatoms. The van der Waals surface area contributed by atoms with E-state index in [4.69, 9.17) is 0 Å². The van der Waals surface area contributed by atoms with Gasteiger partial charge in [0.05, 0.1) is 19.2 Å². The zero-order chi connectivity index (χ0) is 15.7. The van der Waals surface area contributed by atoms with Crippen molar-refractivity contribution in [2.45, 2.75) is 51.7 Å². The summed E-state index contributed by atoms with van der Waals surface area (Å²) in [7, 11) is 0. The minimum absolute atomic E-state index is 0.0837. The van der Waals surface area contributed by atoms with Crippen LogP contribution in [0.3, 0.4) is 0 Å². The van der Waals surface area contributed by atoms with Gasteiger partial charge in [-0.25, -0.2) is 0 Å². The number of carbonyl (C=O) groups is 1. The molecule has 1 fully saturated rings. The number of aromatic nitrogens is 3. The lowest BCUT2D eigenvalue weighted by molar-refractivity contribution is -0.124. The molecule has 1 saturated carbocycles. The monoisotopic (exact) mass is 302 g/mol. The average molecular weight is 302 g/mol. The highest BCUT2D eigenvalue weighted by molar-refractivity contribution is 5.79. The lowest BCUT2D eigenvalue weighted by atomic mass is 9.98. The molecule has 22 heavy (non-hydrogen) atoms. The molecule has 7 nitrogen and oxygen atoms in total. The van der Waals surface area contributed by atoms with Crippen molar-refractivity contribution < 1.29 is 4.79 Å². The topological polar surface area (TPSA) is 86.8 Å². The van der Waals surface area contributed by atoms with Crippen LogP contribution in [0.4, 0.5) is 0 Å². The molecule has 118 valence electrons. The number of nitrogens with zero attached hydrogens (tertiary/aromatic N) is 5. The van der Waals surface area contributed by atoms with Crippen LogP contribution in [-0.2, 0) is 24.3 Å². The Morgan fingerprint density at radius 1 is 1.45 bits per heavy atom. The van der Waals surface area contributed by atoms with Gasteiger partial charge in [0.2, 0.25) is 5.91 Å². The maximum Gasteiger partial charge on any atom is 0.235 e. The van der Waals surface area contributed by atoms with Gasteiger partial charge in [0.1, 0.15) is 17.2 Å². The van der Waals surface area contributed by atoms with Gasteiger partial charge in [0, 0.05) is 19.5 Å². The molecule has 1 N–H and O–H groups in total. The van der Waals surface area contributed by atoms with Crippen LogP contribution in [0.15, 0.2) is 0 Å². The van der Waals surface area contributed by atoms with E-state index in [0.717, 1.165) is 44.0 Å². The second-order valence-electron chi connectivity index (χ2n) is 6.38. The summed E-state index contributed by atoms with van der Waals surface area (Å²) >= 11 is 0. The summed E-state index contributed by atoms with van der Waals surface area (Å²) < 4.78 is 2.14. The van der Waals surface area contributed by atoms with Gasteiger partial charge in [-0.05, 0) is 25.7 Å². The fraction of sp³-hybridized carbons (Fsp3) is 0.733. The summed E-state index contributed by atoms with van der Waals surface area (Å²) in [5, 5.41) is 20.6. The third-order valence-electron chi connectivity index (χ3n) is 4.62. The fourth-order valence-electron chi connectivity index (χ4n) is 3.08. The number of hydrogen-bond donors (Lipinski definition) is 1. The Hall–Kier alpha value is -1.94. The molecular formula is C15H22N6O. The van der Waals surface area contributed by atoms with Crippen molar-refractivity contribution in [1.82, 2.24) is 25.0 Å². The third kappa shape index (κ3) is 2.83. The molecule has 0 aromatic carbocycles. The van der Waals surface area contributed by atoms with E-state index in [-0.39, 0.29) is 5.91 Å². The molecule has 0 bridgehead atoms. The van der Waals surface area contributed by atoms with E-state index in [1.807, 2.05) is 6.92 Å². The van der Waals surface area contributed by atoms with Crippen LogP contribution in [0.1, 0.15) is 38.3 Å². The minimum Gasteiger partial charge on any atom is -0.337 e. The summed E-state index contributed by atoms with van der Waals surface area (Å²) in [6, 6.07) is 2.26. The van der Waals surface area contributed by atoms with E-state index in [0.29, 0.717) is 19.0 Å². The van der Waals surface area contributed by atoms with Gasteiger partial charge in [-0.1, -0.05) is 6.92 Å². The maximum absolute atomic E-state index is 12.2. The van der Waals surface area contributed by atoms with Gasteiger partial charge in [-0.3, -0.25) is 9.69 Å². The molecule has 0 saturated heterocycles. The van der Waals surface area contributed by atoms with E-state index >= 15 is 0 Å². The third-order valence-corrected chi connectivity index (χ3v) is 4.62. The first-order valence-corrected chi connectivity index (χ1v) is 7.91. The highest BCUT2D eigenvalue weighted by atomic mass is 16.2. The molecule has 2 aliphatic rings. The van der Waals surface area contributed by atoms with E-state index in [1.54, 1.807) is 0 Å². The van der Waals surface area contributed by atoms with Crippen molar-refractivity contribution in [2.24, 2.45) is 5.92 Å². The quantitative estimate of drug-likeness (QED) is 0.854. The first kappa shape index (κ1) is 15.0.